The minimum Gasteiger partial charge on any atom is -0.354 e. The number of rotatable bonds is 6. The van der Waals surface area contributed by atoms with Crippen molar-refractivity contribution in [3.63, 3.8) is 0 Å². The third-order valence-electron chi connectivity index (χ3n) is 1.49. The van der Waals surface area contributed by atoms with Crippen LogP contribution in [0.15, 0.2) is 0 Å². The van der Waals surface area contributed by atoms with Gasteiger partial charge in [0.2, 0.25) is 10.0 Å². The largest absolute Gasteiger partial charge is 0.354 e. The fourth-order valence-electron chi connectivity index (χ4n) is 0.970. The monoisotopic (exact) mass is 222 g/mol. The van der Waals surface area contributed by atoms with Gasteiger partial charge >= 0.3 is 0 Å². The number of methoxy groups -OCH3 is 2. The van der Waals surface area contributed by atoms with Crippen molar-refractivity contribution in [1.82, 2.24) is 4.72 Å². The summed E-state index contributed by atoms with van der Waals surface area (Å²) in [7, 11) is -0.755. The third kappa shape index (κ3) is 4.53. The minimum absolute atomic E-state index is 0.539. The van der Waals surface area contributed by atoms with Crippen molar-refractivity contribution >= 4 is 10.0 Å². The molecule has 0 bridgehead atoms. The minimum atomic E-state index is -3.57. The van der Waals surface area contributed by atoms with Crippen molar-refractivity contribution in [2.24, 2.45) is 0 Å². The van der Waals surface area contributed by atoms with E-state index in [4.69, 9.17) is 14.7 Å². The van der Waals surface area contributed by atoms with Crippen LogP contribution in [0.3, 0.4) is 0 Å². The quantitative estimate of drug-likeness (QED) is 0.608. The molecule has 0 fully saturated rings. The summed E-state index contributed by atoms with van der Waals surface area (Å²) in [5.41, 5.74) is 0. The number of nitriles is 1. The second-order valence-electron chi connectivity index (χ2n) is 2.66. The molecule has 0 aliphatic carbocycles. The van der Waals surface area contributed by atoms with Crippen LogP contribution in [0.25, 0.3) is 0 Å². The molecule has 14 heavy (non-hydrogen) atoms. The average Bonchev–Trinajstić information content (AvgIpc) is 2.04. The molecular weight excluding hydrogens is 208 g/mol. The van der Waals surface area contributed by atoms with Crippen LogP contribution in [-0.4, -0.2) is 40.7 Å². The molecular formula is C7H14N2O4S. The van der Waals surface area contributed by atoms with Gasteiger partial charge in [0.05, 0.1) is 12.1 Å². The molecule has 0 aliphatic rings. The fourth-order valence-corrected chi connectivity index (χ4v) is 1.90. The van der Waals surface area contributed by atoms with Gasteiger partial charge in [-0.25, -0.2) is 13.1 Å². The lowest BCUT2D eigenvalue weighted by molar-refractivity contribution is -0.115. The standard InChI is InChI=1S/C7H14N2O4S/c1-6(7(12-2)13-3)9-14(10,11)5-4-8/h6-7,9H,5H2,1-3H3. The predicted octanol–water partition coefficient (Wildman–Crippen LogP) is -0.563. The first kappa shape index (κ1) is 13.3. The highest BCUT2D eigenvalue weighted by Crippen LogP contribution is 2.00. The summed E-state index contributed by atoms with van der Waals surface area (Å²) in [5.74, 6) is -0.572. The van der Waals surface area contributed by atoms with Gasteiger partial charge in [0, 0.05) is 14.2 Å². The zero-order valence-electron chi connectivity index (χ0n) is 8.35. The second kappa shape index (κ2) is 5.93. The van der Waals surface area contributed by atoms with Crippen molar-refractivity contribution in [2.75, 3.05) is 20.0 Å². The van der Waals surface area contributed by atoms with E-state index < -0.39 is 28.1 Å². The number of nitrogens with zero attached hydrogens (tertiary/aromatic N) is 1. The Balaban J connectivity index is 4.31. The summed E-state index contributed by atoms with van der Waals surface area (Å²) in [6.45, 7) is 1.59. The van der Waals surface area contributed by atoms with Gasteiger partial charge in [0.15, 0.2) is 12.0 Å². The lowest BCUT2D eigenvalue weighted by Crippen LogP contribution is -2.43. The molecule has 0 aromatic rings. The van der Waals surface area contributed by atoms with Crippen LogP contribution in [0.2, 0.25) is 0 Å². The molecule has 1 unspecified atom stereocenters. The summed E-state index contributed by atoms with van der Waals surface area (Å²) in [5, 5.41) is 8.24. The van der Waals surface area contributed by atoms with Crippen LogP contribution in [0.5, 0.6) is 0 Å². The molecule has 0 aromatic heterocycles. The fraction of sp³-hybridized carbons (Fsp3) is 0.857. The maximum Gasteiger partial charge on any atom is 0.225 e. The van der Waals surface area contributed by atoms with Crippen LogP contribution in [-0.2, 0) is 19.5 Å². The van der Waals surface area contributed by atoms with Crippen LogP contribution in [0.4, 0.5) is 0 Å². The normalized spacial score (nSPS) is 13.9. The van der Waals surface area contributed by atoms with Crippen LogP contribution < -0.4 is 4.72 Å². The number of ether oxygens (including phenoxy) is 2. The van der Waals surface area contributed by atoms with E-state index in [0.29, 0.717) is 0 Å². The lowest BCUT2D eigenvalue weighted by atomic mass is 10.3. The maximum absolute atomic E-state index is 11.1. The molecule has 7 heteroatoms. The van der Waals surface area contributed by atoms with Crippen LogP contribution >= 0.6 is 0 Å². The summed E-state index contributed by atoms with van der Waals surface area (Å²) >= 11 is 0. The Morgan fingerprint density at radius 3 is 2.29 bits per heavy atom. The Morgan fingerprint density at radius 1 is 1.43 bits per heavy atom. The first-order chi connectivity index (χ1) is 6.46. The van der Waals surface area contributed by atoms with E-state index in [9.17, 15) is 8.42 Å². The summed E-state index contributed by atoms with van der Waals surface area (Å²) in [6.07, 6.45) is -0.663. The van der Waals surface area contributed by atoms with Gasteiger partial charge in [0.25, 0.3) is 0 Å². The van der Waals surface area contributed by atoms with Gasteiger partial charge in [-0.2, -0.15) is 5.26 Å². The van der Waals surface area contributed by atoms with Crippen molar-refractivity contribution in [2.45, 2.75) is 19.3 Å². The second-order valence-corrected chi connectivity index (χ2v) is 4.42. The van der Waals surface area contributed by atoms with E-state index in [1.165, 1.54) is 14.2 Å². The molecule has 0 saturated carbocycles. The molecule has 0 aromatic carbocycles. The Kier molecular flexibility index (Phi) is 5.64. The van der Waals surface area contributed by atoms with Crippen LogP contribution in [0.1, 0.15) is 6.92 Å². The first-order valence-corrected chi connectivity index (χ1v) is 5.54. The molecule has 82 valence electrons. The van der Waals surface area contributed by atoms with E-state index in [-0.39, 0.29) is 0 Å². The van der Waals surface area contributed by atoms with Gasteiger partial charge in [0.1, 0.15) is 0 Å². The Morgan fingerprint density at radius 2 is 1.93 bits per heavy atom. The highest BCUT2D eigenvalue weighted by molar-refractivity contribution is 7.89. The average molecular weight is 222 g/mol. The van der Waals surface area contributed by atoms with Gasteiger partial charge in [-0.15, -0.1) is 0 Å². The first-order valence-electron chi connectivity index (χ1n) is 3.89. The Bertz CT molecular complexity index is 291. The molecule has 0 aliphatic heterocycles. The molecule has 0 saturated heterocycles. The SMILES string of the molecule is COC(OC)C(C)NS(=O)(=O)CC#N. The molecule has 0 heterocycles. The van der Waals surface area contributed by atoms with E-state index in [1.54, 1.807) is 13.0 Å². The van der Waals surface area contributed by atoms with E-state index in [0.717, 1.165) is 0 Å². The molecule has 0 spiro atoms. The number of nitrogens with one attached hydrogen (secondary N) is 1. The van der Waals surface area contributed by atoms with Crippen molar-refractivity contribution in [1.29, 1.82) is 5.26 Å². The lowest BCUT2D eigenvalue weighted by Gasteiger charge is -2.21. The molecule has 0 rings (SSSR count). The van der Waals surface area contributed by atoms with E-state index in [2.05, 4.69) is 4.72 Å². The number of hydrogen-bond donors (Lipinski definition) is 1. The third-order valence-corrected chi connectivity index (χ3v) is 2.73. The summed E-state index contributed by atoms with van der Waals surface area (Å²) in [4.78, 5) is 0. The zero-order chi connectivity index (χ0) is 11.2. The molecule has 1 N–H and O–H groups in total. The topological polar surface area (TPSA) is 88.4 Å². The number of sulfonamides is 1. The Labute approximate surface area is 83.9 Å². The summed E-state index contributed by atoms with van der Waals surface area (Å²) in [6, 6.07) is 1.02. The van der Waals surface area contributed by atoms with Crippen molar-refractivity contribution < 1.29 is 17.9 Å². The molecule has 6 nitrogen and oxygen atoms in total. The van der Waals surface area contributed by atoms with Gasteiger partial charge in [-0.1, -0.05) is 0 Å². The highest BCUT2D eigenvalue weighted by Gasteiger charge is 2.21. The maximum atomic E-state index is 11.1. The molecule has 1 atom stereocenters. The smallest absolute Gasteiger partial charge is 0.225 e. The Hall–Kier alpha value is -0.680. The van der Waals surface area contributed by atoms with Crippen molar-refractivity contribution in [3.8, 4) is 6.07 Å². The zero-order valence-corrected chi connectivity index (χ0v) is 9.17. The van der Waals surface area contributed by atoms with Gasteiger partial charge in [-0.05, 0) is 6.92 Å². The van der Waals surface area contributed by atoms with E-state index in [1.807, 2.05) is 0 Å². The number of hydrogen-bond acceptors (Lipinski definition) is 5. The van der Waals surface area contributed by atoms with Gasteiger partial charge < -0.3 is 9.47 Å². The molecule has 0 radical (unpaired) electrons. The van der Waals surface area contributed by atoms with Crippen molar-refractivity contribution in [3.05, 3.63) is 0 Å². The molecule has 0 amide bonds. The predicted molar refractivity (Wildman–Crippen MR) is 49.8 cm³/mol. The highest BCUT2D eigenvalue weighted by atomic mass is 32.2. The summed E-state index contributed by atoms with van der Waals surface area (Å²) < 4.78 is 34.2. The van der Waals surface area contributed by atoms with Crippen LogP contribution in [0, 0.1) is 11.3 Å². The van der Waals surface area contributed by atoms with E-state index >= 15 is 0 Å². The van der Waals surface area contributed by atoms with Gasteiger partial charge in [-0.3, -0.25) is 0 Å².